The Bertz CT molecular complexity index is 1080. The lowest BCUT2D eigenvalue weighted by molar-refractivity contribution is 0.0952. The topological polar surface area (TPSA) is 102 Å². The second-order valence-electron chi connectivity index (χ2n) is 6.99. The molecule has 28 heavy (non-hydrogen) atoms. The van der Waals surface area contributed by atoms with Gasteiger partial charge in [-0.15, -0.1) is 0 Å². The maximum absolute atomic E-state index is 12.9. The van der Waals surface area contributed by atoms with E-state index in [-0.39, 0.29) is 24.1 Å². The molecule has 1 amide bonds. The van der Waals surface area contributed by atoms with Crippen LogP contribution in [0.4, 0.5) is 0 Å². The van der Waals surface area contributed by atoms with E-state index in [0.717, 1.165) is 11.3 Å². The molecule has 0 aliphatic heterocycles. The second kappa shape index (κ2) is 7.84. The van der Waals surface area contributed by atoms with Gasteiger partial charge in [0.2, 0.25) is 5.88 Å². The average Bonchev–Trinajstić information content (AvgIpc) is 3.04. The summed E-state index contributed by atoms with van der Waals surface area (Å²) in [5.41, 5.74) is 2.98. The van der Waals surface area contributed by atoms with Gasteiger partial charge in [0.05, 0.1) is 23.8 Å². The molecule has 3 rings (SSSR count). The number of ether oxygens (including phenoxy) is 1. The van der Waals surface area contributed by atoms with Crippen LogP contribution in [0.1, 0.15) is 54.0 Å². The summed E-state index contributed by atoms with van der Waals surface area (Å²) in [6, 6.07) is 3.58. The number of hydrogen-bond donors (Lipinski definition) is 2. The van der Waals surface area contributed by atoms with Gasteiger partial charge in [0.25, 0.3) is 11.5 Å². The summed E-state index contributed by atoms with van der Waals surface area (Å²) in [6.07, 6.45) is 1.64. The fourth-order valence-electron chi connectivity index (χ4n) is 3.15. The van der Waals surface area contributed by atoms with Crippen LogP contribution in [0.2, 0.25) is 0 Å². The van der Waals surface area contributed by atoms with Crippen LogP contribution >= 0.6 is 0 Å². The van der Waals surface area contributed by atoms with Gasteiger partial charge in [-0.1, -0.05) is 0 Å². The van der Waals surface area contributed by atoms with E-state index in [4.69, 9.17) is 4.74 Å². The van der Waals surface area contributed by atoms with Gasteiger partial charge >= 0.3 is 0 Å². The number of aromatic amines is 1. The van der Waals surface area contributed by atoms with Crippen molar-refractivity contribution in [2.45, 2.75) is 47.2 Å². The molecular formula is C20H25N5O3. The van der Waals surface area contributed by atoms with E-state index in [1.165, 1.54) is 0 Å². The summed E-state index contributed by atoms with van der Waals surface area (Å²) in [4.78, 5) is 32.4. The molecule has 0 bridgehead atoms. The third kappa shape index (κ3) is 3.76. The Labute approximate surface area is 162 Å². The Morgan fingerprint density at radius 2 is 2.07 bits per heavy atom. The van der Waals surface area contributed by atoms with Crippen LogP contribution in [0.3, 0.4) is 0 Å². The number of carbonyl (C=O) groups is 1. The molecule has 3 aromatic rings. The van der Waals surface area contributed by atoms with Gasteiger partial charge < -0.3 is 15.0 Å². The number of nitrogens with one attached hydrogen (secondary N) is 2. The number of carbonyl (C=O) groups excluding carboxylic acids is 1. The zero-order valence-corrected chi connectivity index (χ0v) is 16.8. The predicted octanol–water partition coefficient (Wildman–Crippen LogP) is 2.65. The molecule has 3 aromatic heterocycles. The third-order valence-corrected chi connectivity index (χ3v) is 4.49. The number of H-pyrrole nitrogens is 1. The Morgan fingerprint density at radius 3 is 2.71 bits per heavy atom. The highest BCUT2D eigenvalue weighted by atomic mass is 16.5. The maximum Gasteiger partial charge on any atom is 0.253 e. The van der Waals surface area contributed by atoms with Crippen LogP contribution in [0.25, 0.3) is 11.0 Å². The molecule has 0 fully saturated rings. The molecule has 8 heteroatoms. The van der Waals surface area contributed by atoms with Crippen molar-refractivity contribution in [3.05, 3.63) is 51.1 Å². The van der Waals surface area contributed by atoms with Crippen LogP contribution < -0.4 is 15.6 Å². The normalized spacial score (nSPS) is 11.2. The van der Waals surface area contributed by atoms with E-state index in [9.17, 15) is 9.59 Å². The summed E-state index contributed by atoms with van der Waals surface area (Å²) >= 11 is 0. The summed E-state index contributed by atoms with van der Waals surface area (Å²) in [5, 5.41) is 7.84. The second-order valence-corrected chi connectivity index (χ2v) is 6.99. The number of rotatable bonds is 6. The van der Waals surface area contributed by atoms with Gasteiger partial charge in [0, 0.05) is 29.9 Å². The first kappa shape index (κ1) is 19.6. The molecule has 0 aliphatic rings. The molecule has 8 nitrogen and oxygen atoms in total. The Balaban J connectivity index is 1.96. The smallest absolute Gasteiger partial charge is 0.253 e. The summed E-state index contributed by atoms with van der Waals surface area (Å²) < 4.78 is 7.29. The first-order valence-corrected chi connectivity index (χ1v) is 9.30. The largest absolute Gasteiger partial charge is 0.478 e. The Kier molecular flexibility index (Phi) is 5.48. The van der Waals surface area contributed by atoms with Crippen LogP contribution in [0, 0.1) is 13.8 Å². The molecular weight excluding hydrogens is 358 g/mol. The van der Waals surface area contributed by atoms with E-state index in [1.54, 1.807) is 16.9 Å². The lowest BCUT2D eigenvalue weighted by atomic mass is 10.1. The fourth-order valence-corrected chi connectivity index (χ4v) is 3.15. The average molecular weight is 383 g/mol. The van der Waals surface area contributed by atoms with Crippen molar-refractivity contribution in [2.75, 3.05) is 6.61 Å². The molecule has 0 saturated carbocycles. The van der Waals surface area contributed by atoms with E-state index >= 15 is 0 Å². The number of aromatic nitrogens is 4. The molecule has 0 unspecified atom stereocenters. The summed E-state index contributed by atoms with van der Waals surface area (Å²) in [6.45, 7) is 10.1. The number of pyridine rings is 2. The molecule has 0 aromatic carbocycles. The van der Waals surface area contributed by atoms with Crippen molar-refractivity contribution >= 4 is 16.9 Å². The highest BCUT2D eigenvalue weighted by molar-refractivity contribution is 6.05. The first-order valence-electron chi connectivity index (χ1n) is 9.30. The van der Waals surface area contributed by atoms with E-state index in [1.807, 2.05) is 40.7 Å². The van der Waals surface area contributed by atoms with Crippen molar-refractivity contribution < 1.29 is 9.53 Å². The number of nitrogens with zero attached hydrogens (tertiary/aromatic N) is 3. The van der Waals surface area contributed by atoms with Gasteiger partial charge in [-0.2, -0.15) is 10.1 Å². The quantitative estimate of drug-likeness (QED) is 0.681. The number of fused-ring (bicyclic) bond motifs is 1. The van der Waals surface area contributed by atoms with Crippen molar-refractivity contribution in [3.8, 4) is 5.88 Å². The van der Waals surface area contributed by atoms with Crippen molar-refractivity contribution in [1.29, 1.82) is 0 Å². The van der Waals surface area contributed by atoms with Crippen LogP contribution in [0.15, 0.2) is 23.1 Å². The maximum atomic E-state index is 12.9. The number of hydrogen-bond acceptors (Lipinski definition) is 5. The Morgan fingerprint density at radius 1 is 1.32 bits per heavy atom. The molecule has 0 atom stereocenters. The van der Waals surface area contributed by atoms with Crippen molar-refractivity contribution in [2.24, 2.45) is 0 Å². The fraction of sp³-hybridized carbons (Fsp3) is 0.400. The van der Waals surface area contributed by atoms with Crippen molar-refractivity contribution in [1.82, 2.24) is 25.1 Å². The SMILES string of the molecule is CCOc1cc(C(=O)NCc2c(C)cc(C)[nH]c2=O)c2cnn(C(C)C)c2n1. The van der Waals surface area contributed by atoms with E-state index in [2.05, 4.69) is 20.4 Å². The summed E-state index contributed by atoms with van der Waals surface area (Å²) in [5.74, 6) is 0.0583. The number of amides is 1. The Hall–Kier alpha value is -3.16. The molecule has 3 heterocycles. The minimum atomic E-state index is -0.309. The zero-order chi connectivity index (χ0) is 20.4. The highest BCUT2D eigenvalue weighted by Gasteiger charge is 2.19. The van der Waals surface area contributed by atoms with Crippen molar-refractivity contribution in [3.63, 3.8) is 0 Å². The van der Waals surface area contributed by atoms with E-state index in [0.29, 0.717) is 34.6 Å². The monoisotopic (exact) mass is 383 g/mol. The van der Waals surface area contributed by atoms with E-state index < -0.39 is 0 Å². The minimum Gasteiger partial charge on any atom is -0.478 e. The predicted molar refractivity (Wildman–Crippen MR) is 107 cm³/mol. The zero-order valence-electron chi connectivity index (χ0n) is 16.8. The molecule has 0 radical (unpaired) electrons. The highest BCUT2D eigenvalue weighted by Crippen LogP contribution is 2.24. The van der Waals surface area contributed by atoms with Gasteiger partial charge in [0.15, 0.2) is 5.65 Å². The molecule has 0 spiro atoms. The van der Waals surface area contributed by atoms with Gasteiger partial charge in [-0.3, -0.25) is 9.59 Å². The molecule has 0 aliphatic carbocycles. The van der Waals surface area contributed by atoms with Gasteiger partial charge in [-0.05, 0) is 46.2 Å². The molecule has 148 valence electrons. The van der Waals surface area contributed by atoms with Crippen LogP contribution in [0.5, 0.6) is 5.88 Å². The third-order valence-electron chi connectivity index (χ3n) is 4.49. The number of aryl methyl sites for hydroxylation is 2. The van der Waals surface area contributed by atoms with Gasteiger partial charge in [0.1, 0.15) is 0 Å². The first-order chi connectivity index (χ1) is 13.3. The molecule has 0 saturated heterocycles. The van der Waals surface area contributed by atoms with Crippen LogP contribution in [-0.2, 0) is 6.54 Å². The van der Waals surface area contributed by atoms with Gasteiger partial charge in [-0.25, -0.2) is 4.68 Å². The summed E-state index contributed by atoms with van der Waals surface area (Å²) in [7, 11) is 0. The molecule has 2 N–H and O–H groups in total. The standard InChI is InChI=1S/C20H25N5O3/c1-6-28-17-8-14(16-10-22-25(11(2)3)18(16)24-17)19(26)21-9-15-12(4)7-13(5)23-20(15)27/h7-8,10-11H,6,9H2,1-5H3,(H,21,26)(H,23,27). The van der Waals surface area contributed by atoms with Crippen LogP contribution in [-0.4, -0.2) is 32.3 Å². The lowest BCUT2D eigenvalue weighted by Crippen LogP contribution is -2.28. The lowest BCUT2D eigenvalue weighted by Gasteiger charge is -2.11. The minimum absolute atomic E-state index is 0.0894.